The van der Waals surface area contributed by atoms with Crippen LogP contribution in [0.3, 0.4) is 0 Å². The van der Waals surface area contributed by atoms with Crippen molar-refractivity contribution in [3.05, 3.63) is 83.7 Å². The molecule has 0 aliphatic rings. The quantitative estimate of drug-likeness (QED) is 0.725. The summed E-state index contributed by atoms with van der Waals surface area (Å²) in [6.45, 7) is 3.68. The predicted molar refractivity (Wildman–Crippen MR) is 101 cm³/mol. The van der Waals surface area contributed by atoms with E-state index < -0.39 is 12.1 Å². The summed E-state index contributed by atoms with van der Waals surface area (Å²) < 4.78 is 20.9. The molecule has 6 heteroatoms. The molecule has 2 aromatic carbocycles. The van der Waals surface area contributed by atoms with Crippen molar-refractivity contribution >= 4 is 5.91 Å². The average Bonchev–Trinajstić information content (AvgIpc) is 3.08. The maximum Gasteiger partial charge on any atom is 0.261 e. The van der Waals surface area contributed by atoms with Crippen molar-refractivity contribution in [2.24, 2.45) is 7.05 Å². The smallest absolute Gasteiger partial charge is 0.261 e. The summed E-state index contributed by atoms with van der Waals surface area (Å²) in [5.41, 5.74) is 1.85. The number of carbonyl (C=O) groups excluding carboxylic acids is 1. The van der Waals surface area contributed by atoms with Crippen LogP contribution in [-0.4, -0.2) is 21.6 Å². The van der Waals surface area contributed by atoms with Gasteiger partial charge < -0.3 is 14.6 Å². The minimum atomic E-state index is -0.698. The van der Waals surface area contributed by atoms with Gasteiger partial charge in [-0.05, 0) is 43.7 Å². The molecule has 0 saturated carbocycles. The Balaban J connectivity index is 1.78. The molecule has 0 spiro atoms. The number of imidazole rings is 1. The standard InChI is InChI=1S/C21H22FN3O2/c1-14-4-10-18(11-5-14)27-15(2)21(26)24-19(20-23-12-13-25(20)3)16-6-8-17(22)9-7-16/h4-13,15,19H,1-3H3,(H,24,26)/t15-,19-/m0/s1. The van der Waals surface area contributed by atoms with Crippen LogP contribution in [0.2, 0.25) is 0 Å². The third kappa shape index (κ3) is 4.53. The van der Waals surface area contributed by atoms with Gasteiger partial charge in [0.2, 0.25) is 0 Å². The molecule has 5 nitrogen and oxygen atoms in total. The van der Waals surface area contributed by atoms with E-state index in [9.17, 15) is 9.18 Å². The van der Waals surface area contributed by atoms with Gasteiger partial charge >= 0.3 is 0 Å². The number of carbonyl (C=O) groups is 1. The molecule has 2 atom stereocenters. The van der Waals surface area contributed by atoms with Crippen molar-refractivity contribution in [2.45, 2.75) is 26.0 Å². The first-order chi connectivity index (χ1) is 12.9. The van der Waals surface area contributed by atoms with Crippen molar-refractivity contribution in [3.8, 4) is 5.75 Å². The highest BCUT2D eigenvalue weighted by Crippen LogP contribution is 2.21. The van der Waals surface area contributed by atoms with Crippen LogP contribution in [0.5, 0.6) is 5.75 Å². The minimum Gasteiger partial charge on any atom is -0.481 e. The Morgan fingerprint density at radius 1 is 1.15 bits per heavy atom. The summed E-state index contributed by atoms with van der Waals surface area (Å²) in [4.78, 5) is 17.1. The zero-order chi connectivity index (χ0) is 19.4. The zero-order valence-electron chi connectivity index (χ0n) is 15.5. The van der Waals surface area contributed by atoms with Gasteiger partial charge in [-0.25, -0.2) is 9.37 Å². The van der Waals surface area contributed by atoms with Crippen molar-refractivity contribution < 1.29 is 13.9 Å². The van der Waals surface area contributed by atoms with Crippen LogP contribution in [0.1, 0.15) is 29.9 Å². The summed E-state index contributed by atoms with van der Waals surface area (Å²) in [6, 6.07) is 13.0. The van der Waals surface area contributed by atoms with Gasteiger partial charge in [0.1, 0.15) is 23.4 Å². The van der Waals surface area contributed by atoms with Gasteiger partial charge in [-0.3, -0.25) is 4.79 Å². The van der Waals surface area contributed by atoms with Crippen LogP contribution in [-0.2, 0) is 11.8 Å². The fourth-order valence-electron chi connectivity index (χ4n) is 2.74. The molecule has 0 fully saturated rings. The fourth-order valence-corrected chi connectivity index (χ4v) is 2.74. The SMILES string of the molecule is Cc1ccc(O[C@@H](C)C(=O)N[C@@H](c2ccc(F)cc2)c2nccn2C)cc1. The number of benzene rings is 2. The fraction of sp³-hybridized carbons (Fsp3) is 0.238. The number of hydrogen-bond donors (Lipinski definition) is 1. The number of amides is 1. The Morgan fingerprint density at radius 3 is 2.41 bits per heavy atom. The van der Waals surface area contributed by atoms with Crippen LogP contribution in [0.25, 0.3) is 0 Å². The van der Waals surface area contributed by atoms with E-state index in [0.29, 0.717) is 11.6 Å². The lowest BCUT2D eigenvalue weighted by molar-refractivity contribution is -0.127. The van der Waals surface area contributed by atoms with Crippen molar-refractivity contribution in [1.29, 1.82) is 0 Å². The van der Waals surface area contributed by atoms with Gasteiger partial charge in [0.05, 0.1) is 0 Å². The molecule has 1 N–H and O–H groups in total. The number of halogens is 1. The number of aryl methyl sites for hydroxylation is 2. The van der Waals surface area contributed by atoms with Crippen molar-refractivity contribution in [3.63, 3.8) is 0 Å². The second-order valence-electron chi connectivity index (χ2n) is 6.46. The molecule has 0 bridgehead atoms. The molecule has 140 valence electrons. The predicted octanol–water partition coefficient (Wildman–Crippen LogP) is 3.54. The van der Waals surface area contributed by atoms with Crippen LogP contribution < -0.4 is 10.1 Å². The van der Waals surface area contributed by atoms with Crippen LogP contribution in [0, 0.1) is 12.7 Å². The molecule has 3 aromatic rings. The molecular weight excluding hydrogens is 345 g/mol. The first-order valence-electron chi connectivity index (χ1n) is 8.70. The number of ether oxygens (including phenoxy) is 1. The average molecular weight is 367 g/mol. The molecule has 0 saturated heterocycles. The summed E-state index contributed by atoms with van der Waals surface area (Å²) in [6.07, 6.45) is 2.75. The van der Waals surface area contributed by atoms with E-state index in [0.717, 1.165) is 11.1 Å². The van der Waals surface area contributed by atoms with Gasteiger partial charge in [-0.2, -0.15) is 0 Å². The normalized spacial score (nSPS) is 13.0. The Morgan fingerprint density at radius 2 is 1.81 bits per heavy atom. The monoisotopic (exact) mass is 367 g/mol. The first-order valence-corrected chi connectivity index (χ1v) is 8.70. The van der Waals surface area contributed by atoms with E-state index in [1.165, 1.54) is 12.1 Å². The van der Waals surface area contributed by atoms with Gasteiger partial charge in [0.25, 0.3) is 5.91 Å². The van der Waals surface area contributed by atoms with Gasteiger partial charge in [0, 0.05) is 19.4 Å². The molecule has 0 aliphatic carbocycles. The molecule has 3 rings (SSSR count). The van der Waals surface area contributed by atoms with E-state index >= 15 is 0 Å². The molecule has 1 aromatic heterocycles. The number of aromatic nitrogens is 2. The Labute approximate surface area is 157 Å². The highest BCUT2D eigenvalue weighted by Gasteiger charge is 2.24. The number of nitrogens with one attached hydrogen (secondary N) is 1. The van der Waals surface area contributed by atoms with Gasteiger partial charge in [-0.1, -0.05) is 29.8 Å². The first kappa shape index (κ1) is 18.6. The summed E-state index contributed by atoms with van der Waals surface area (Å²) in [7, 11) is 1.84. The van der Waals surface area contributed by atoms with Crippen molar-refractivity contribution in [2.75, 3.05) is 0 Å². The number of hydrogen-bond acceptors (Lipinski definition) is 3. The number of nitrogens with zero attached hydrogens (tertiary/aromatic N) is 2. The molecule has 27 heavy (non-hydrogen) atoms. The third-order valence-electron chi connectivity index (χ3n) is 4.31. The lowest BCUT2D eigenvalue weighted by atomic mass is 10.1. The molecule has 0 aliphatic heterocycles. The molecule has 1 heterocycles. The second kappa shape index (κ2) is 8.03. The van der Waals surface area contributed by atoms with Gasteiger partial charge in [-0.15, -0.1) is 0 Å². The molecule has 0 radical (unpaired) electrons. The van der Waals surface area contributed by atoms with Crippen LogP contribution >= 0.6 is 0 Å². The molecule has 0 unspecified atom stereocenters. The highest BCUT2D eigenvalue weighted by atomic mass is 19.1. The maximum absolute atomic E-state index is 13.3. The lowest BCUT2D eigenvalue weighted by Gasteiger charge is -2.22. The van der Waals surface area contributed by atoms with E-state index in [2.05, 4.69) is 10.3 Å². The lowest BCUT2D eigenvalue weighted by Crippen LogP contribution is -2.39. The second-order valence-corrected chi connectivity index (χ2v) is 6.46. The van der Waals surface area contributed by atoms with Gasteiger partial charge in [0.15, 0.2) is 6.10 Å². The summed E-state index contributed by atoms with van der Waals surface area (Å²) in [5.74, 6) is 0.656. The highest BCUT2D eigenvalue weighted by molar-refractivity contribution is 5.81. The third-order valence-corrected chi connectivity index (χ3v) is 4.31. The largest absolute Gasteiger partial charge is 0.481 e. The Hall–Kier alpha value is -3.15. The van der Waals surface area contributed by atoms with Crippen LogP contribution in [0.15, 0.2) is 60.9 Å². The maximum atomic E-state index is 13.3. The van der Waals surface area contributed by atoms with Crippen molar-refractivity contribution in [1.82, 2.24) is 14.9 Å². The van der Waals surface area contributed by atoms with E-state index in [1.807, 2.05) is 42.8 Å². The Bertz CT molecular complexity index is 904. The zero-order valence-corrected chi connectivity index (χ0v) is 15.5. The minimum absolute atomic E-state index is 0.284. The van der Waals surface area contributed by atoms with E-state index in [4.69, 9.17) is 4.74 Å². The van der Waals surface area contributed by atoms with Crippen LogP contribution in [0.4, 0.5) is 4.39 Å². The Kier molecular flexibility index (Phi) is 5.54. The summed E-state index contributed by atoms with van der Waals surface area (Å²) >= 11 is 0. The topological polar surface area (TPSA) is 56.1 Å². The molecular formula is C21H22FN3O2. The van der Waals surface area contributed by atoms with E-state index in [-0.39, 0.29) is 11.7 Å². The molecule has 1 amide bonds. The summed E-state index contributed by atoms with van der Waals surface area (Å²) in [5, 5.41) is 2.96. The van der Waals surface area contributed by atoms with E-state index in [1.54, 1.807) is 31.5 Å². The number of rotatable bonds is 6.